The highest BCUT2D eigenvalue weighted by molar-refractivity contribution is 5.98. The first-order valence-electron chi connectivity index (χ1n) is 9.55. The van der Waals surface area contributed by atoms with E-state index in [1.54, 1.807) is 17.0 Å². The average Bonchev–Trinajstić information content (AvgIpc) is 3.04. The molecular weight excluding hydrogens is 343 g/mol. The van der Waals surface area contributed by atoms with Crippen LogP contribution >= 0.6 is 0 Å². The molecule has 0 bridgehead atoms. The van der Waals surface area contributed by atoms with E-state index in [1.165, 1.54) is 12.1 Å². The molecule has 2 aromatic rings. The number of carbonyl (C=O) groups excluding carboxylic acids is 2. The number of hydrogen-bond donors (Lipinski definition) is 0. The lowest BCUT2D eigenvalue weighted by atomic mass is 10.00. The number of carbonyl (C=O) groups is 2. The molecule has 2 aromatic carbocycles. The second-order valence-electron chi connectivity index (χ2n) is 7.30. The molecule has 0 N–H and O–H groups in total. The van der Waals surface area contributed by atoms with Gasteiger partial charge in [-0.05, 0) is 48.6 Å². The molecule has 0 aliphatic carbocycles. The Balaban J connectivity index is 1.61. The largest absolute Gasteiger partial charge is 0.343 e. The normalized spacial score (nSPS) is 17.7. The number of benzene rings is 2. The zero-order valence-corrected chi connectivity index (χ0v) is 15.2. The summed E-state index contributed by atoms with van der Waals surface area (Å²) in [7, 11) is 0. The lowest BCUT2D eigenvalue weighted by Gasteiger charge is -2.32. The van der Waals surface area contributed by atoms with E-state index in [-0.39, 0.29) is 30.1 Å². The molecule has 27 heavy (non-hydrogen) atoms. The monoisotopic (exact) mass is 366 g/mol. The molecule has 1 atom stereocenters. The zero-order chi connectivity index (χ0) is 18.8. The van der Waals surface area contributed by atoms with Crippen molar-refractivity contribution in [2.45, 2.75) is 38.3 Å². The average molecular weight is 366 g/mol. The second kappa shape index (κ2) is 7.51. The Hall–Kier alpha value is -2.69. The molecule has 1 fully saturated rings. The molecule has 0 aromatic heterocycles. The van der Waals surface area contributed by atoms with Crippen LogP contribution in [-0.2, 0) is 11.3 Å². The van der Waals surface area contributed by atoms with Crippen LogP contribution in [0.2, 0.25) is 0 Å². The summed E-state index contributed by atoms with van der Waals surface area (Å²) in [5.74, 6) is -0.324. The summed E-state index contributed by atoms with van der Waals surface area (Å²) >= 11 is 0. The van der Waals surface area contributed by atoms with E-state index >= 15 is 0 Å². The van der Waals surface area contributed by atoms with E-state index in [2.05, 4.69) is 0 Å². The maximum Gasteiger partial charge on any atom is 0.255 e. The van der Waals surface area contributed by atoms with Crippen molar-refractivity contribution in [2.24, 2.45) is 0 Å². The van der Waals surface area contributed by atoms with E-state index in [0.29, 0.717) is 12.1 Å². The smallest absolute Gasteiger partial charge is 0.255 e. The minimum Gasteiger partial charge on any atom is -0.343 e. The quantitative estimate of drug-likeness (QED) is 0.823. The summed E-state index contributed by atoms with van der Waals surface area (Å²) in [4.78, 5) is 29.5. The minimum absolute atomic E-state index is 0.0628. The molecule has 140 valence electrons. The predicted molar refractivity (Wildman–Crippen MR) is 101 cm³/mol. The van der Waals surface area contributed by atoms with Gasteiger partial charge in [0.1, 0.15) is 5.82 Å². The van der Waals surface area contributed by atoms with E-state index < -0.39 is 0 Å². The van der Waals surface area contributed by atoms with Gasteiger partial charge in [0.25, 0.3) is 5.91 Å². The van der Waals surface area contributed by atoms with Crippen LogP contribution < -0.4 is 0 Å². The van der Waals surface area contributed by atoms with Gasteiger partial charge in [-0.25, -0.2) is 4.39 Å². The number of rotatable bonds is 4. The van der Waals surface area contributed by atoms with Gasteiger partial charge in [0, 0.05) is 25.2 Å². The molecule has 4 nitrogen and oxygen atoms in total. The van der Waals surface area contributed by atoms with Gasteiger partial charge in [0.2, 0.25) is 5.91 Å². The summed E-state index contributed by atoms with van der Waals surface area (Å²) in [6.45, 7) is 2.04. The van der Waals surface area contributed by atoms with Gasteiger partial charge < -0.3 is 9.80 Å². The van der Waals surface area contributed by atoms with Crippen molar-refractivity contribution in [3.63, 3.8) is 0 Å². The summed E-state index contributed by atoms with van der Waals surface area (Å²) in [6, 6.07) is 13.3. The lowest BCUT2D eigenvalue weighted by molar-refractivity contribution is -0.133. The standard InChI is InChI=1S/C22H23FN2O2/c23-18-10-8-16(9-11-18)20(14-21(26)24-12-4-1-5-13-24)25-15-17-6-2-3-7-19(17)22(25)27/h2-3,6-11,20H,1,4-5,12-15H2/t20-/m0/s1. The number of likely N-dealkylation sites (tertiary alicyclic amines) is 1. The second-order valence-corrected chi connectivity index (χ2v) is 7.30. The van der Waals surface area contributed by atoms with Crippen LogP contribution in [0, 0.1) is 5.82 Å². The molecule has 0 radical (unpaired) electrons. The van der Waals surface area contributed by atoms with Gasteiger partial charge in [0.15, 0.2) is 0 Å². The molecule has 1 saturated heterocycles. The Morgan fingerprint density at radius 1 is 1.00 bits per heavy atom. The predicted octanol–water partition coefficient (Wildman–Crippen LogP) is 3.93. The Morgan fingerprint density at radius 2 is 1.70 bits per heavy atom. The number of halogens is 1. The molecule has 5 heteroatoms. The van der Waals surface area contributed by atoms with E-state index in [9.17, 15) is 14.0 Å². The summed E-state index contributed by atoms with van der Waals surface area (Å²) in [5, 5.41) is 0. The SMILES string of the molecule is O=C(C[C@@H](c1ccc(F)cc1)N1Cc2ccccc2C1=O)N1CCCCC1. The number of fused-ring (bicyclic) bond motifs is 1. The van der Waals surface area contributed by atoms with Crippen molar-refractivity contribution >= 4 is 11.8 Å². The van der Waals surface area contributed by atoms with Crippen molar-refractivity contribution in [1.29, 1.82) is 0 Å². The van der Waals surface area contributed by atoms with Gasteiger partial charge in [-0.2, -0.15) is 0 Å². The van der Waals surface area contributed by atoms with Gasteiger partial charge in [-0.3, -0.25) is 9.59 Å². The number of piperidine rings is 1. The fourth-order valence-corrected chi connectivity index (χ4v) is 4.06. The lowest BCUT2D eigenvalue weighted by Crippen LogP contribution is -2.39. The highest BCUT2D eigenvalue weighted by Crippen LogP contribution is 2.34. The van der Waals surface area contributed by atoms with Crippen LogP contribution in [0.1, 0.15) is 53.2 Å². The van der Waals surface area contributed by atoms with Crippen LogP contribution in [-0.4, -0.2) is 34.7 Å². The van der Waals surface area contributed by atoms with Crippen LogP contribution in [0.25, 0.3) is 0 Å². The number of amides is 2. The van der Waals surface area contributed by atoms with Crippen LogP contribution in [0.5, 0.6) is 0 Å². The minimum atomic E-state index is -0.389. The third-order valence-corrected chi connectivity index (χ3v) is 5.56. The summed E-state index contributed by atoms with van der Waals surface area (Å²) in [6.07, 6.45) is 3.44. The molecule has 0 saturated carbocycles. The van der Waals surface area contributed by atoms with Gasteiger partial charge in [-0.1, -0.05) is 30.3 Å². The molecule has 0 unspecified atom stereocenters. The Morgan fingerprint density at radius 3 is 2.41 bits per heavy atom. The third kappa shape index (κ3) is 3.59. The van der Waals surface area contributed by atoms with Crippen molar-refractivity contribution in [3.05, 3.63) is 71.0 Å². The Labute approximate surface area is 158 Å². The maximum atomic E-state index is 13.4. The number of hydrogen-bond acceptors (Lipinski definition) is 2. The first-order chi connectivity index (χ1) is 13.1. The first kappa shape index (κ1) is 17.7. The Bertz CT molecular complexity index is 844. The molecule has 2 heterocycles. The van der Waals surface area contributed by atoms with Gasteiger partial charge >= 0.3 is 0 Å². The van der Waals surface area contributed by atoms with Crippen LogP contribution in [0.3, 0.4) is 0 Å². The van der Waals surface area contributed by atoms with Gasteiger partial charge in [0.05, 0.1) is 12.5 Å². The molecule has 2 amide bonds. The molecule has 2 aliphatic rings. The van der Waals surface area contributed by atoms with E-state index in [4.69, 9.17) is 0 Å². The van der Waals surface area contributed by atoms with Crippen LogP contribution in [0.15, 0.2) is 48.5 Å². The highest BCUT2D eigenvalue weighted by Gasteiger charge is 2.35. The fourth-order valence-electron chi connectivity index (χ4n) is 4.06. The molecular formula is C22H23FN2O2. The van der Waals surface area contributed by atoms with Gasteiger partial charge in [-0.15, -0.1) is 0 Å². The van der Waals surface area contributed by atoms with Crippen LogP contribution in [0.4, 0.5) is 4.39 Å². The molecule has 4 rings (SSSR count). The maximum absolute atomic E-state index is 13.4. The topological polar surface area (TPSA) is 40.6 Å². The molecule has 2 aliphatic heterocycles. The van der Waals surface area contributed by atoms with Crippen molar-refractivity contribution in [3.8, 4) is 0 Å². The third-order valence-electron chi connectivity index (χ3n) is 5.56. The Kier molecular flexibility index (Phi) is 4.92. The summed E-state index contributed by atoms with van der Waals surface area (Å²) in [5.41, 5.74) is 2.46. The van der Waals surface area contributed by atoms with E-state index in [1.807, 2.05) is 29.2 Å². The summed E-state index contributed by atoms with van der Waals surface area (Å²) < 4.78 is 13.4. The van der Waals surface area contributed by atoms with Crippen molar-refractivity contribution in [1.82, 2.24) is 9.80 Å². The van der Waals surface area contributed by atoms with E-state index in [0.717, 1.165) is 43.5 Å². The zero-order valence-electron chi connectivity index (χ0n) is 15.2. The number of nitrogens with zero attached hydrogens (tertiary/aromatic N) is 2. The highest BCUT2D eigenvalue weighted by atomic mass is 19.1. The van der Waals surface area contributed by atoms with Crippen molar-refractivity contribution < 1.29 is 14.0 Å². The van der Waals surface area contributed by atoms with Crippen molar-refractivity contribution in [2.75, 3.05) is 13.1 Å². The fraction of sp³-hybridized carbons (Fsp3) is 0.364. The molecule has 0 spiro atoms. The first-order valence-corrected chi connectivity index (χ1v) is 9.55.